The fourth-order valence-electron chi connectivity index (χ4n) is 1.57. The highest BCUT2D eigenvalue weighted by molar-refractivity contribution is 7.91. The summed E-state index contributed by atoms with van der Waals surface area (Å²) in [7, 11) is 0.816. The number of guanidine groups is 1. The minimum atomic E-state index is -2.94. The lowest BCUT2D eigenvalue weighted by atomic mass is 10.2. The summed E-state index contributed by atoms with van der Waals surface area (Å²) in [6, 6.07) is 9.94. The Bertz CT molecular complexity index is 525. The molecule has 1 aromatic carbocycles. The summed E-state index contributed by atoms with van der Waals surface area (Å²) in [5.41, 5.74) is 1.12. The van der Waals surface area contributed by atoms with Crippen LogP contribution >= 0.6 is 0 Å². The van der Waals surface area contributed by atoms with Crippen LogP contribution in [0.5, 0.6) is 0 Å². The van der Waals surface area contributed by atoms with E-state index in [2.05, 4.69) is 10.3 Å². The third-order valence-corrected chi connectivity index (χ3v) is 4.52. The van der Waals surface area contributed by atoms with Crippen LogP contribution in [-0.4, -0.2) is 51.4 Å². The fourth-order valence-corrected chi connectivity index (χ4v) is 2.27. The Morgan fingerprint density at radius 3 is 2.45 bits per heavy atom. The van der Waals surface area contributed by atoms with E-state index in [0.717, 1.165) is 5.56 Å². The Hall–Kier alpha value is -1.56. The van der Waals surface area contributed by atoms with Crippen LogP contribution in [0.4, 0.5) is 0 Å². The van der Waals surface area contributed by atoms with Gasteiger partial charge in [-0.15, -0.1) is 0 Å². The minimum absolute atomic E-state index is 0.127. The van der Waals surface area contributed by atoms with Crippen molar-refractivity contribution in [2.75, 3.05) is 32.1 Å². The quantitative estimate of drug-likeness (QED) is 0.631. The molecule has 0 unspecified atom stereocenters. The molecule has 112 valence electrons. The summed E-state index contributed by atoms with van der Waals surface area (Å²) in [5.74, 6) is 0.995. The first kappa shape index (κ1) is 16.5. The van der Waals surface area contributed by atoms with Gasteiger partial charge < -0.3 is 10.2 Å². The minimum Gasteiger partial charge on any atom is -0.355 e. The molecule has 0 atom stereocenters. The average Bonchev–Trinajstić information content (AvgIpc) is 2.43. The summed E-state index contributed by atoms with van der Waals surface area (Å²) in [6.07, 6.45) is 0. The average molecular weight is 297 g/mol. The van der Waals surface area contributed by atoms with E-state index in [9.17, 15) is 8.42 Å². The van der Waals surface area contributed by atoms with Gasteiger partial charge in [0.15, 0.2) is 15.8 Å². The fraction of sp³-hybridized carbons (Fsp3) is 0.500. The van der Waals surface area contributed by atoms with Crippen LogP contribution in [0.2, 0.25) is 0 Å². The van der Waals surface area contributed by atoms with Gasteiger partial charge in [-0.3, -0.25) is 0 Å². The van der Waals surface area contributed by atoms with Crippen LogP contribution in [0.3, 0.4) is 0 Å². The molecule has 0 aliphatic carbocycles. The molecule has 6 heteroatoms. The van der Waals surface area contributed by atoms with Crippen LogP contribution in [0.25, 0.3) is 0 Å². The third-order valence-electron chi connectivity index (χ3n) is 2.81. The van der Waals surface area contributed by atoms with Crippen molar-refractivity contribution < 1.29 is 8.42 Å². The predicted molar refractivity (Wildman–Crippen MR) is 83.6 cm³/mol. The van der Waals surface area contributed by atoms with Crippen molar-refractivity contribution in [3.8, 4) is 0 Å². The van der Waals surface area contributed by atoms with Crippen LogP contribution in [0, 0.1) is 0 Å². The van der Waals surface area contributed by atoms with Gasteiger partial charge in [-0.25, -0.2) is 13.4 Å². The van der Waals surface area contributed by atoms with Gasteiger partial charge in [-0.05, 0) is 5.56 Å². The van der Waals surface area contributed by atoms with Crippen LogP contribution in [-0.2, 0) is 16.4 Å². The van der Waals surface area contributed by atoms with Gasteiger partial charge in [0.05, 0.1) is 12.3 Å². The van der Waals surface area contributed by atoms with Crippen molar-refractivity contribution >= 4 is 15.8 Å². The Kier molecular flexibility index (Phi) is 6.51. The topological polar surface area (TPSA) is 61.8 Å². The second-order valence-electron chi connectivity index (χ2n) is 4.68. The van der Waals surface area contributed by atoms with Gasteiger partial charge in [0.1, 0.15) is 0 Å². The summed E-state index contributed by atoms with van der Waals surface area (Å²) in [5, 5.41) is 3.08. The van der Waals surface area contributed by atoms with Gasteiger partial charge >= 0.3 is 0 Å². The largest absolute Gasteiger partial charge is 0.355 e. The smallest absolute Gasteiger partial charge is 0.193 e. The molecule has 1 N–H and O–H groups in total. The van der Waals surface area contributed by atoms with Crippen molar-refractivity contribution in [2.24, 2.45) is 4.99 Å². The number of sulfone groups is 1. The molecule has 0 saturated heterocycles. The number of nitrogens with one attached hydrogen (secondary N) is 1. The van der Waals surface area contributed by atoms with Gasteiger partial charge in [-0.1, -0.05) is 37.3 Å². The van der Waals surface area contributed by atoms with Crippen LogP contribution in [0.1, 0.15) is 12.5 Å². The van der Waals surface area contributed by atoms with E-state index >= 15 is 0 Å². The zero-order valence-electron chi connectivity index (χ0n) is 12.3. The maximum absolute atomic E-state index is 11.4. The van der Waals surface area contributed by atoms with E-state index in [4.69, 9.17) is 0 Å². The van der Waals surface area contributed by atoms with E-state index in [0.29, 0.717) is 19.0 Å². The Morgan fingerprint density at radius 2 is 1.90 bits per heavy atom. The molecule has 0 spiro atoms. The standard InChI is InChI=1S/C14H23N3O2S/c1-4-20(18,19)11-10-15-14(17(2)3)16-12-13-8-6-5-7-9-13/h5-9H,4,10-12H2,1-3H3,(H,15,16). The monoisotopic (exact) mass is 297 g/mol. The lowest BCUT2D eigenvalue weighted by Gasteiger charge is -2.17. The van der Waals surface area contributed by atoms with Crippen LogP contribution < -0.4 is 5.32 Å². The number of benzene rings is 1. The highest BCUT2D eigenvalue weighted by atomic mass is 32.2. The Balaban J connectivity index is 2.56. The molecular weight excluding hydrogens is 274 g/mol. The number of rotatable bonds is 6. The van der Waals surface area contributed by atoms with Gasteiger partial charge in [0.25, 0.3) is 0 Å². The summed E-state index contributed by atoms with van der Waals surface area (Å²) in [4.78, 5) is 6.32. The van der Waals surface area contributed by atoms with Crippen LogP contribution in [0.15, 0.2) is 35.3 Å². The molecule has 0 aliphatic rings. The number of nitrogens with zero attached hydrogens (tertiary/aromatic N) is 2. The molecule has 5 nitrogen and oxygen atoms in total. The maximum atomic E-state index is 11.4. The first-order chi connectivity index (χ1) is 9.44. The van der Waals surface area contributed by atoms with Gasteiger partial charge in [0, 0.05) is 26.4 Å². The van der Waals surface area contributed by atoms with Crippen molar-refractivity contribution in [3.63, 3.8) is 0 Å². The molecule has 1 rings (SSSR count). The van der Waals surface area contributed by atoms with E-state index in [1.807, 2.05) is 49.3 Å². The van der Waals surface area contributed by atoms with Crippen molar-refractivity contribution in [1.82, 2.24) is 10.2 Å². The Labute approximate surface area is 121 Å². The normalized spacial score (nSPS) is 12.2. The van der Waals surface area contributed by atoms with Crippen molar-refractivity contribution in [1.29, 1.82) is 0 Å². The SMILES string of the molecule is CCS(=O)(=O)CCNC(=NCc1ccccc1)N(C)C. The molecule has 0 bridgehead atoms. The summed E-state index contributed by atoms with van der Waals surface area (Å²) in [6.45, 7) is 2.61. The lowest BCUT2D eigenvalue weighted by molar-refractivity contribution is 0.577. The zero-order chi connectivity index (χ0) is 15.0. The predicted octanol–water partition coefficient (Wildman–Crippen LogP) is 1.13. The Morgan fingerprint density at radius 1 is 1.25 bits per heavy atom. The lowest BCUT2D eigenvalue weighted by Crippen LogP contribution is -2.39. The van der Waals surface area contributed by atoms with Gasteiger partial charge in [0.2, 0.25) is 0 Å². The molecule has 0 amide bonds. The second-order valence-corrected chi connectivity index (χ2v) is 7.16. The molecular formula is C14H23N3O2S. The molecule has 0 aromatic heterocycles. The first-order valence-corrected chi connectivity index (χ1v) is 8.46. The molecule has 0 radical (unpaired) electrons. The van der Waals surface area contributed by atoms with E-state index in [1.54, 1.807) is 6.92 Å². The molecule has 0 saturated carbocycles. The zero-order valence-corrected chi connectivity index (χ0v) is 13.2. The summed E-state index contributed by atoms with van der Waals surface area (Å²) >= 11 is 0. The van der Waals surface area contributed by atoms with E-state index in [-0.39, 0.29) is 11.5 Å². The molecule has 0 fully saturated rings. The van der Waals surface area contributed by atoms with Gasteiger partial charge in [-0.2, -0.15) is 0 Å². The van der Waals surface area contributed by atoms with Crippen molar-refractivity contribution in [2.45, 2.75) is 13.5 Å². The second kappa shape index (κ2) is 7.89. The number of hydrogen-bond donors (Lipinski definition) is 1. The third kappa shape index (κ3) is 6.06. The molecule has 1 aromatic rings. The molecule has 20 heavy (non-hydrogen) atoms. The highest BCUT2D eigenvalue weighted by Crippen LogP contribution is 2.00. The highest BCUT2D eigenvalue weighted by Gasteiger charge is 2.08. The van der Waals surface area contributed by atoms with Crippen molar-refractivity contribution in [3.05, 3.63) is 35.9 Å². The first-order valence-electron chi connectivity index (χ1n) is 6.64. The maximum Gasteiger partial charge on any atom is 0.193 e. The molecule has 0 heterocycles. The van der Waals surface area contributed by atoms with E-state index in [1.165, 1.54) is 0 Å². The van der Waals surface area contributed by atoms with E-state index < -0.39 is 9.84 Å². The number of aliphatic imine (C=N–C) groups is 1. The number of hydrogen-bond acceptors (Lipinski definition) is 3. The molecule has 0 aliphatic heterocycles. The summed E-state index contributed by atoms with van der Waals surface area (Å²) < 4.78 is 22.9.